The Morgan fingerprint density at radius 3 is 2.43 bits per heavy atom. The van der Waals surface area contributed by atoms with E-state index in [0.717, 1.165) is 30.2 Å². The number of carbonyl (C=O) groups is 1. The molecular formula is C22H27N3O5. The van der Waals surface area contributed by atoms with E-state index in [1.807, 2.05) is 35.2 Å². The Morgan fingerprint density at radius 2 is 1.77 bits per heavy atom. The zero-order valence-corrected chi connectivity index (χ0v) is 17.2. The number of ether oxygens (including phenoxy) is 2. The van der Waals surface area contributed by atoms with Crippen molar-refractivity contribution < 1.29 is 19.2 Å². The van der Waals surface area contributed by atoms with E-state index in [1.165, 1.54) is 6.07 Å². The highest BCUT2D eigenvalue weighted by atomic mass is 16.6. The van der Waals surface area contributed by atoms with Gasteiger partial charge in [0.2, 0.25) is 5.91 Å². The quantitative estimate of drug-likeness (QED) is 0.357. The summed E-state index contributed by atoms with van der Waals surface area (Å²) in [6.45, 7) is 4.01. The first-order valence-corrected chi connectivity index (χ1v) is 10.1. The zero-order valence-electron chi connectivity index (χ0n) is 17.2. The van der Waals surface area contributed by atoms with Crippen LogP contribution < -0.4 is 9.47 Å². The van der Waals surface area contributed by atoms with Gasteiger partial charge in [-0.1, -0.05) is 12.1 Å². The number of hydrogen-bond acceptors (Lipinski definition) is 6. The molecule has 0 atom stereocenters. The maximum atomic E-state index is 12.4. The number of hydrogen-bond donors (Lipinski definition) is 0. The molecule has 2 aromatic rings. The van der Waals surface area contributed by atoms with Gasteiger partial charge < -0.3 is 14.4 Å². The summed E-state index contributed by atoms with van der Waals surface area (Å²) in [7, 11) is 1.62. The van der Waals surface area contributed by atoms with Crippen LogP contribution in [0.5, 0.6) is 11.5 Å². The van der Waals surface area contributed by atoms with Gasteiger partial charge in [-0.15, -0.1) is 0 Å². The average Bonchev–Trinajstić information content (AvgIpc) is 2.77. The Balaban J connectivity index is 1.35. The van der Waals surface area contributed by atoms with Crippen LogP contribution in [-0.4, -0.2) is 60.5 Å². The van der Waals surface area contributed by atoms with Crippen LogP contribution in [-0.2, 0) is 11.3 Å². The van der Waals surface area contributed by atoms with E-state index in [4.69, 9.17) is 9.47 Å². The average molecular weight is 413 g/mol. The van der Waals surface area contributed by atoms with Gasteiger partial charge in [0, 0.05) is 51.3 Å². The Kier molecular flexibility index (Phi) is 7.62. The second-order valence-electron chi connectivity index (χ2n) is 7.21. The smallest absolute Gasteiger partial charge is 0.269 e. The Morgan fingerprint density at radius 1 is 1.07 bits per heavy atom. The summed E-state index contributed by atoms with van der Waals surface area (Å²) in [5.74, 6) is 1.68. The molecule has 1 aliphatic rings. The van der Waals surface area contributed by atoms with Crippen LogP contribution in [0.2, 0.25) is 0 Å². The van der Waals surface area contributed by atoms with E-state index in [0.29, 0.717) is 39.1 Å². The molecule has 1 fully saturated rings. The molecule has 1 aliphatic heterocycles. The van der Waals surface area contributed by atoms with E-state index in [2.05, 4.69) is 4.90 Å². The molecule has 0 radical (unpaired) electrons. The predicted octanol–water partition coefficient (Wildman–Crippen LogP) is 3.11. The number of amides is 1. The number of piperazine rings is 1. The maximum absolute atomic E-state index is 12.4. The number of non-ortho nitro benzene ring substituents is 1. The van der Waals surface area contributed by atoms with E-state index in [-0.39, 0.29) is 16.5 Å². The molecule has 8 heteroatoms. The lowest BCUT2D eigenvalue weighted by molar-refractivity contribution is -0.384. The van der Waals surface area contributed by atoms with Gasteiger partial charge in [-0.2, -0.15) is 0 Å². The Bertz CT molecular complexity index is 848. The third-order valence-electron chi connectivity index (χ3n) is 5.12. The monoisotopic (exact) mass is 413 g/mol. The zero-order chi connectivity index (χ0) is 21.3. The van der Waals surface area contributed by atoms with Crippen LogP contribution in [0.3, 0.4) is 0 Å². The van der Waals surface area contributed by atoms with Gasteiger partial charge >= 0.3 is 0 Å². The Hall–Kier alpha value is -3.13. The molecule has 8 nitrogen and oxygen atoms in total. The molecule has 3 rings (SSSR count). The van der Waals surface area contributed by atoms with Crippen molar-refractivity contribution in [3.63, 3.8) is 0 Å². The number of carbonyl (C=O) groups excluding carboxylic acids is 1. The van der Waals surface area contributed by atoms with Crippen LogP contribution in [0, 0.1) is 10.1 Å². The lowest BCUT2D eigenvalue weighted by Gasteiger charge is -2.34. The molecule has 1 amide bonds. The van der Waals surface area contributed by atoms with Gasteiger partial charge in [-0.05, 0) is 36.2 Å². The van der Waals surface area contributed by atoms with Crippen molar-refractivity contribution in [1.82, 2.24) is 9.80 Å². The fraction of sp³-hybridized carbons (Fsp3) is 0.409. The molecule has 30 heavy (non-hydrogen) atoms. The van der Waals surface area contributed by atoms with E-state index in [9.17, 15) is 14.9 Å². The topological polar surface area (TPSA) is 85.2 Å². The largest absolute Gasteiger partial charge is 0.497 e. The molecule has 0 saturated carbocycles. The summed E-state index contributed by atoms with van der Waals surface area (Å²) in [6, 6.07) is 14.1. The number of rotatable bonds is 9. The summed E-state index contributed by atoms with van der Waals surface area (Å²) in [6.07, 6.45) is 1.12. The van der Waals surface area contributed by atoms with Crippen LogP contribution in [0.4, 0.5) is 5.69 Å². The summed E-state index contributed by atoms with van der Waals surface area (Å²) in [5, 5.41) is 10.9. The van der Waals surface area contributed by atoms with Gasteiger partial charge in [-0.25, -0.2) is 0 Å². The van der Waals surface area contributed by atoms with E-state index < -0.39 is 0 Å². The first-order valence-electron chi connectivity index (χ1n) is 10.1. The van der Waals surface area contributed by atoms with E-state index >= 15 is 0 Å². The van der Waals surface area contributed by atoms with Gasteiger partial charge in [0.15, 0.2) is 0 Å². The third kappa shape index (κ3) is 6.18. The highest BCUT2D eigenvalue weighted by molar-refractivity contribution is 5.76. The first kappa shape index (κ1) is 21.6. The number of nitrogens with zero attached hydrogens (tertiary/aromatic N) is 3. The summed E-state index contributed by atoms with van der Waals surface area (Å²) in [4.78, 5) is 27.1. The lowest BCUT2D eigenvalue weighted by atomic mass is 10.1. The minimum atomic E-state index is -0.377. The van der Waals surface area contributed by atoms with Crippen molar-refractivity contribution >= 4 is 11.6 Å². The van der Waals surface area contributed by atoms with Crippen molar-refractivity contribution in [3.8, 4) is 11.5 Å². The van der Waals surface area contributed by atoms with Crippen molar-refractivity contribution in [2.75, 3.05) is 39.9 Å². The van der Waals surface area contributed by atoms with Gasteiger partial charge in [0.1, 0.15) is 11.5 Å². The normalized spacial score (nSPS) is 14.4. The Labute approximate surface area is 176 Å². The number of nitro benzene ring substituents is 1. The van der Waals surface area contributed by atoms with Crippen molar-refractivity contribution in [1.29, 1.82) is 0 Å². The minimum Gasteiger partial charge on any atom is -0.497 e. The fourth-order valence-electron chi connectivity index (χ4n) is 3.43. The lowest BCUT2D eigenvalue weighted by Crippen LogP contribution is -2.48. The number of methoxy groups -OCH3 is 1. The van der Waals surface area contributed by atoms with Gasteiger partial charge in [0.25, 0.3) is 5.69 Å². The molecule has 0 aromatic heterocycles. The second-order valence-corrected chi connectivity index (χ2v) is 7.21. The highest BCUT2D eigenvalue weighted by Crippen LogP contribution is 2.18. The predicted molar refractivity (Wildman–Crippen MR) is 113 cm³/mol. The highest BCUT2D eigenvalue weighted by Gasteiger charge is 2.21. The van der Waals surface area contributed by atoms with Crippen LogP contribution in [0.15, 0.2) is 48.5 Å². The fourth-order valence-corrected chi connectivity index (χ4v) is 3.43. The molecule has 1 saturated heterocycles. The number of nitro groups is 1. The third-order valence-corrected chi connectivity index (χ3v) is 5.12. The molecule has 0 bridgehead atoms. The molecule has 1 heterocycles. The van der Waals surface area contributed by atoms with Crippen molar-refractivity contribution in [3.05, 3.63) is 64.2 Å². The molecule has 2 aromatic carbocycles. The molecule has 0 N–H and O–H groups in total. The molecule has 0 spiro atoms. The molecule has 160 valence electrons. The van der Waals surface area contributed by atoms with E-state index in [1.54, 1.807) is 19.2 Å². The first-order chi connectivity index (χ1) is 14.5. The molecule has 0 aliphatic carbocycles. The molecule has 0 unspecified atom stereocenters. The van der Waals surface area contributed by atoms with Gasteiger partial charge in [0.05, 0.1) is 18.6 Å². The minimum absolute atomic E-state index is 0.109. The van der Waals surface area contributed by atoms with Crippen molar-refractivity contribution in [2.45, 2.75) is 19.4 Å². The maximum Gasteiger partial charge on any atom is 0.269 e. The molecular weight excluding hydrogens is 386 g/mol. The standard InChI is InChI=1S/C22H27N3O5/c1-29-20-7-9-21(10-8-20)30-15-3-6-22(26)24-13-11-23(12-14-24)17-18-4-2-5-19(16-18)25(27)28/h2,4-5,7-10,16H,3,6,11-15,17H2,1H3. The summed E-state index contributed by atoms with van der Waals surface area (Å²) < 4.78 is 10.8. The van der Waals surface area contributed by atoms with Gasteiger partial charge in [-0.3, -0.25) is 19.8 Å². The van der Waals surface area contributed by atoms with Crippen LogP contribution in [0.1, 0.15) is 18.4 Å². The number of benzene rings is 2. The summed E-state index contributed by atoms with van der Waals surface area (Å²) >= 11 is 0. The van der Waals surface area contributed by atoms with Crippen molar-refractivity contribution in [2.24, 2.45) is 0 Å². The van der Waals surface area contributed by atoms with Crippen LogP contribution in [0.25, 0.3) is 0 Å². The summed E-state index contributed by atoms with van der Waals surface area (Å²) in [5.41, 5.74) is 1.03. The van der Waals surface area contributed by atoms with Crippen LogP contribution >= 0.6 is 0 Å². The second kappa shape index (κ2) is 10.6. The SMILES string of the molecule is COc1ccc(OCCCC(=O)N2CCN(Cc3cccc([N+](=O)[O-])c3)CC2)cc1.